The summed E-state index contributed by atoms with van der Waals surface area (Å²) in [6, 6.07) is 13.7. The number of nitrogens with one attached hydrogen (secondary N) is 3. The molecule has 16 nitrogen and oxygen atoms in total. The molecule has 4 aromatic heterocycles. The van der Waals surface area contributed by atoms with Gasteiger partial charge in [0.2, 0.25) is 5.91 Å². The van der Waals surface area contributed by atoms with E-state index >= 15 is 0 Å². The molecule has 6 aromatic rings. The van der Waals surface area contributed by atoms with Crippen LogP contribution in [0.25, 0.3) is 10.9 Å². The molecule has 4 amide bonds. The van der Waals surface area contributed by atoms with Crippen LogP contribution < -0.4 is 26.4 Å². The second kappa shape index (κ2) is 15.6. The molecule has 300 valence electrons. The van der Waals surface area contributed by atoms with Crippen molar-refractivity contribution < 1.29 is 28.7 Å². The molecule has 1 unspecified atom stereocenters. The number of hydrogen-bond donors (Lipinski definition) is 4. The highest BCUT2D eigenvalue weighted by Crippen LogP contribution is 2.35. The maximum absolute atomic E-state index is 13.4. The van der Waals surface area contributed by atoms with E-state index in [0.717, 1.165) is 27.9 Å². The molecule has 0 saturated carbocycles. The average Bonchev–Trinajstić information content (AvgIpc) is 4.03. The highest BCUT2D eigenvalue weighted by molar-refractivity contribution is 7.14. The first kappa shape index (κ1) is 38.6. The lowest BCUT2D eigenvalue weighted by Crippen LogP contribution is -2.35. The molecule has 6 heterocycles. The molecule has 0 radical (unpaired) electrons. The molecule has 5 N–H and O–H groups in total. The lowest BCUT2D eigenvalue weighted by Gasteiger charge is -2.20. The van der Waals surface area contributed by atoms with E-state index in [2.05, 4.69) is 32.5 Å². The molecule has 0 aliphatic carbocycles. The van der Waals surface area contributed by atoms with E-state index in [1.165, 1.54) is 16.0 Å². The van der Waals surface area contributed by atoms with Gasteiger partial charge in [0.05, 0.1) is 40.8 Å². The Morgan fingerprint density at radius 3 is 2.51 bits per heavy atom. The topological polar surface area (TPSA) is 200 Å². The lowest BCUT2D eigenvalue weighted by molar-refractivity contribution is -0.116. The summed E-state index contributed by atoms with van der Waals surface area (Å²) >= 11 is 1.11. The van der Waals surface area contributed by atoms with Crippen LogP contribution in [0.3, 0.4) is 0 Å². The Balaban J connectivity index is 0.815. The highest BCUT2D eigenvalue weighted by atomic mass is 32.1. The number of nitrogens with zero attached hydrogens (tertiary/aromatic N) is 6. The number of aliphatic imine (C=N–C) groups is 1. The van der Waals surface area contributed by atoms with Crippen LogP contribution in [0.15, 0.2) is 89.6 Å². The summed E-state index contributed by atoms with van der Waals surface area (Å²) < 4.78 is 10.7. The largest absolute Gasteiger partial charge is 0.493 e. The number of aryl methyl sites for hydroxylation is 3. The van der Waals surface area contributed by atoms with E-state index in [1.807, 2.05) is 13.0 Å². The fourth-order valence-corrected chi connectivity index (χ4v) is 7.91. The van der Waals surface area contributed by atoms with E-state index in [1.54, 1.807) is 89.3 Å². The molecule has 1 atom stereocenters. The monoisotopic (exact) mass is 812 g/mol. The number of benzene rings is 2. The number of fused-ring (bicyclic) bond motifs is 3. The van der Waals surface area contributed by atoms with Gasteiger partial charge in [-0.3, -0.25) is 33.5 Å². The molecular formula is C42H40N10O6S. The van der Waals surface area contributed by atoms with E-state index in [0.29, 0.717) is 64.7 Å². The van der Waals surface area contributed by atoms with Crippen molar-refractivity contribution in [2.75, 3.05) is 34.8 Å². The normalized spacial score (nSPS) is 14.6. The molecule has 1 saturated heterocycles. The van der Waals surface area contributed by atoms with Crippen molar-refractivity contribution in [3.8, 4) is 5.75 Å². The molecule has 8 rings (SSSR count). The van der Waals surface area contributed by atoms with E-state index < -0.39 is 11.8 Å². The number of anilines is 4. The minimum atomic E-state index is -0.521. The first-order valence-electron chi connectivity index (χ1n) is 18.7. The van der Waals surface area contributed by atoms with Crippen LogP contribution in [-0.2, 0) is 18.9 Å². The number of carbonyl (C=O) groups is 5. The second-order valence-corrected chi connectivity index (χ2v) is 15.4. The van der Waals surface area contributed by atoms with Gasteiger partial charge in [-0.05, 0) is 67.8 Å². The molecule has 0 spiro atoms. The van der Waals surface area contributed by atoms with Gasteiger partial charge in [0.1, 0.15) is 22.8 Å². The standard InChI is InChI=1S/C42H40N10O6S/c1-23-12-29-18-44-31-17-36(24(2)13-30(31)40(56)52(29)19-23)58-11-5-6-37(53)48-42-47-32(22-59-42)38(54)45-27-15-34(49(3)20-27)39(55)46-28-16-35(50(4)21-28)41(57)51-10-9-25-14-26(43)7-8-33(25)51/h7-10,13-18,20-22,29H,1,5-6,11-12,19,43H2,2-4H3,(H,45,54)(H,46,55)(H,47,48,53). The molecular weight excluding hydrogens is 773 g/mol. The van der Waals surface area contributed by atoms with Crippen molar-refractivity contribution in [1.29, 1.82) is 0 Å². The van der Waals surface area contributed by atoms with E-state index in [4.69, 9.17) is 10.5 Å². The summed E-state index contributed by atoms with van der Waals surface area (Å²) in [5, 5.41) is 10.9. The smallest absolute Gasteiger partial charge is 0.279 e. The Hall–Kier alpha value is -7.27. The van der Waals surface area contributed by atoms with Gasteiger partial charge >= 0.3 is 0 Å². The average molecular weight is 813 g/mol. The first-order valence-corrected chi connectivity index (χ1v) is 19.6. The van der Waals surface area contributed by atoms with E-state index in [9.17, 15) is 24.0 Å². The fraction of sp³-hybridized carbons (Fsp3) is 0.214. The van der Waals surface area contributed by atoms with Crippen LogP contribution in [0.5, 0.6) is 5.75 Å². The van der Waals surface area contributed by atoms with Crippen LogP contribution in [0, 0.1) is 6.92 Å². The Kier molecular flexibility index (Phi) is 10.2. The Bertz CT molecular complexity index is 2750. The molecule has 2 aliphatic heterocycles. The van der Waals surface area contributed by atoms with Crippen molar-refractivity contribution in [1.82, 2.24) is 23.6 Å². The van der Waals surface area contributed by atoms with Crippen molar-refractivity contribution in [2.24, 2.45) is 19.1 Å². The number of hydrogen-bond acceptors (Lipinski definition) is 10. The van der Waals surface area contributed by atoms with E-state index in [-0.39, 0.29) is 53.3 Å². The van der Waals surface area contributed by atoms with Gasteiger partial charge in [0.15, 0.2) is 5.13 Å². The highest BCUT2D eigenvalue weighted by Gasteiger charge is 2.34. The number of nitrogen functional groups attached to an aromatic ring is 1. The van der Waals surface area contributed by atoms with Gasteiger partial charge < -0.3 is 40.5 Å². The van der Waals surface area contributed by atoms with Gasteiger partial charge in [0.25, 0.3) is 23.6 Å². The van der Waals surface area contributed by atoms with Crippen LogP contribution >= 0.6 is 11.3 Å². The van der Waals surface area contributed by atoms with Crippen LogP contribution in [0.4, 0.5) is 27.9 Å². The van der Waals surface area contributed by atoms with Gasteiger partial charge in [-0.1, -0.05) is 12.2 Å². The van der Waals surface area contributed by atoms with Crippen molar-refractivity contribution >= 4 is 85.9 Å². The zero-order chi connectivity index (χ0) is 41.5. The van der Waals surface area contributed by atoms with Gasteiger partial charge in [-0.2, -0.15) is 0 Å². The third-order valence-electron chi connectivity index (χ3n) is 10.2. The van der Waals surface area contributed by atoms with Gasteiger partial charge in [-0.25, -0.2) is 4.98 Å². The summed E-state index contributed by atoms with van der Waals surface area (Å²) in [6.07, 6.45) is 7.97. The zero-order valence-corrected chi connectivity index (χ0v) is 33.3. The minimum absolute atomic E-state index is 0.0743. The molecule has 0 bridgehead atoms. The van der Waals surface area contributed by atoms with Crippen LogP contribution in [0.2, 0.25) is 0 Å². The third-order valence-corrected chi connectivity index (χ3v) is 10.9. The summed E-state index contributed by atoms with van der Waals surface area (Å²) in [7, 11) is 3.39. The summed E-state index contributed by atoms with van der Waals surface area (Å²) in [4.78, 5) is 76.3. The molecule has 17 heteroatoms. The van der Waals surface area contributed by atoms with Crippen molar-refractivity contribution in [3.05, 3.63) is 113 Å². The zero-order valence-electron chi connectivity index (χ0n) is 32.4. The Morgan fingerprint density at radius 2 is 1.71 bits per heavy atom. The number of aromatic nitrogens is 4. The fourth-order valence-electron chi connectivity index (χ4n) is 7.20. The minimum Gasteiger partial charge on any atom is -0.493 e. The third kappa shape index (κ3) is 7.87. The molecule has 2 aromatic carbocycles. The maximum atomic E-state index is 13.4. The molecule has 1 fully saturated rings. The number of ether oxygens (including phenoxy) is 1. The van der Waals surface area contributed by atoms with Crippen LogP contribution in [-0.4, -0.2) is 78.5 Å². The SMILES string of the molecule is C=C1CC2C=Nc3cc(OCCCC(=O)Nc4nc(C(=O)Nc5cc(C(=O)Nc6cc(C(=O)n7ccc8cc(N)ccc87)n(C)c6)n(C)c5)cs4)c(C)cc3C(=O)N2C1. The summed E-state index contributed by atoms with van der Waals surface area (Å²) in [5.74, 6) is -1.02. The summed E-state index contributed by atoms with van der Waals surface area (Å²) in [5.41, 5.74) is 11.6. The number of thiazole rings is 1. The number of carbonyl (C=O) groups excluding carboxylic acids is 5. The summed E-state index contributed by atoms with van der Waals surface area (Å²) in [6.45, 7) is 6.67. The van der Waals surface area contributed by atoms with Gasteiger partial charge in [-0.15, -0.1) is 11.3 Å². The second-order valence-electron chi connectivity index (χ2n) is 14.6. The van der Waals surface area contributed by atoms with Gasteiger partial charge in [0, 0.05) is 74.4 Å². The lowest BCUT2D eigenvalue weighted by atomic mass is 10.1. The van der Waals surface area contributed by atoms with Crippen molar-refractivity contribution in [3.63, 3.8) is 0 Å². The molecule has 2 aliphatic rings. The van der Waals surface area contributed by atoms with Crippen LogP contribution in [0.1, 0.15) is 66.6 Å². The maximum Gasteiger partial charge on any atom is 0.279 e. The predicted molar refractivity (Wildman–Crippen MR) is 226 cm³/mol. The van der Waals surface area contributed by atoms with Crippen molar-refractivity contribution in [2.45, 2.75) is 32.2 Å². The number of nitrogens with two attached hydrogens (primary N) is 1. The Labute approximate surface area is 342 Å². The molecule has 59 heavy (non-hydrogen) atoms. The quantitative estimate of drug-likeness (QED) is 0.0679. The first-order chi connectivity index (χ1) is 28.3. The predicted octanol–water partition coefficient (Wildman–Crippen LogP) is 6.14. The number of rotatable bonds is 11. The number of amides is 4. The Morgan fingerprint density at radius 1 is 0.966 bits per heavy atom.